The zero-order valence-corrected chi connectivity index (χ0v) is 10.9. The Bertz CT molecular complexity index is 252. The fourth-order valence-corrected chi connectivity index (χ4v) is 1.31. The van der Waals surface area contributed by atoms with Crippen LogP contribution in [0.5, 0.6) is 0 Å². The standard InChI is InChI=1S/C11H23N3O2/c1-8(2)6-9(12)11(16)14(5)7-10(15)13(3)4/h8-9H,6-7,12H2,1-5H3/t9-/m1/s1. The monoisotopic (exact) mass is 229 g/mol. The molecule has 0 rings (SSSR count). The van der Waals surface area contributed by atoms with Crippen molar-refractivity contribution in [3.8, 4) is 0 Å². The van der Waals surface area contributed by atoms with E-state index in [0.29, 0.717) is 12.3 Å². The van der Waals surface area contributed by atoms with Gasteiger partial charge in [0.05, 0.1) is 12.6 Å². The van der Waals surface area contributed by atoms with Crippen LogP contribution in [0.1, 0.15) is 20.3 Å². The predicted molar refractivity (Wildman–Crippen MR) is 63.8 cm³/mol. The Morgan fingerprint density at radius 2 is 1.69 bits per heavy atom. The summed E-state index contributed by atoms with van der Waals surface area (Å²) in [5.74, 6) is 0.0911. The summed E-state index contributed by atoms with van der Waals surface area (Å²) in [4.78, 5) is 26.0. The molecule has 2 N–H and O–H groups in total. The zero-order valence-electron chi connectivity index (χ0n) is 10.9. The molecule has 0 spiro atoms. The maximum Gasteiger partial charge on any atom is 0.241 e. The van der Waals surface area contributed by atoms with E-state index in [1.807, 2.05) is 13.8 Å². The smallest absolute Gasteiger partial charge is 0.241 e. The van der Waals surface area contributed by atoms with Gasteiger partial charge in [-0.1, -0.05) is 13.8 Å². The molecule has 0 saturated carbocycles. The minimum Gasteiger partial charge on any atom is -0.347 e. The molecule has 0 bridgehead atoms. The summed E-state index contributed by atoms with van der Waals surface area (Å²) >= 11 is 0. The number of nitrogens with zero attached hydrogens (tertiary/aromatic N) is 2. The van der Waals surface area contributed by atoms with Gasteiger partial charge in [0.1, 0.15) is 0 Å². The van der Waals surface area contributed by atoms with Gasteiger partial charge in [0.15, 0.2) is 0 Å². The molecule has 0 heterocycles. The predicted octanol–water partition coefficient (Wildman–Crippen LogP) is -0.0936. The number of amides is 2. The van der Waals surface area contributed by atoms with E-state index in [1.54, 1.807) is 21.1 Å². The number of nitrogens with two attached hydrogens (primary N) is 1. The van der Waals surface area contributed by atoms with Crippen LogP contribution in [0.25, 0.3) is 0 Å². The third-order valence-electron chi connectivity index (χ3n) is 2.29. The minimum atomic E-state index is -0.514. The molecule has 5 heteroatoms. The average Bonchev–Trinajstić information content (AvgIpc) is 2.14. The molecule has 0 saturated heterocycles. The molecule has 2 amide bonds. The zero-order chi connectivity index (χ0) is 12.9. The summed E-state index contributed by atoms with van der Waals surface area (Å²) in [5, 5.41) is 0. The molecule has 0 aliphatic carbocycles. The number of carbonyl (C=O) groups excluding carboxylic acids is 2. The molecule has 0 aromatic heterocycles. The van der Waals surface area contributed by atoms with Gasteiger partial charge in [-0.25, -0.2) is 0 Å². The lowest BCUT2D eigenvalue weighted by atomic mass is 10.0. The summed E-state index contributed by atoms with van der Waals surface area (Å²) in [5.41, 5.74) is 5.75. The molecule has 0 aliphatic heterocycles. The number of hydrogen-bond donors (Lipinski definition) is 1. The van der Waals surface area contributed by atoms with Crippen molar-refractivity contribution in [1.82, 2.24) is 9.80 Å². The Hall–Kier alpha value is -1.10. The average molecular weight is 229 g/mol. The highest BCUT2D eigenvalue weighted by Gasteiger charge is 2.21. The summed E-state index contributed by atoms with van der Waals surface area (Å²) in [6.45, 7) is 4.11. The molecule has 16 heavy (non-hydrogen) atoms. The van der Waals surface area contributed by atoms with E-state index in [0.717, 1.165) is 0 Å². The van der Waals surface area contributed by atoms with Crippen LogP contribution in [0.3, 0.4) is 0 Å². The summed E-state index contributed by atoms with van der Waals surface area (Å²) in [6.07, 6.45) is 0.638. The first kappa shape index (κ1) is 14.9. The molecule has 5 nitrogen and oxygen atoms in total. The van der Waals surface area contributed by atoms with Crippen LogP contribution < -0.4 is 5.73 Å². The van der Waals surface area contributed by atoms with E-state index in [-0.39, 0.29) is 18.4 Å². The van der Waals surface area contributed by atoms with Gasteiger partial charge in [-0.2, -0.15) is 0 Å². The molecule has 0 aromatic rings. The molecule has 94 valence electrons. The number of likely N-dealkylation sites (N-methyl/N-ethyl adjacent to an activating group) is 2. The second-order valence-corrected chi connectivity index (χ2v) is 4.72. The second-order valence-electron chi connectivity index (χ2n) is 4.72. The van der Waals surface area contributed by atoms with Gasteiger partial charge in [0.2, 0.25) is 11.8 Å². The maximum atomic E-state index is 11.8. The van der Waals surface area contributed by atoms with Crippen LogP contribution in [0.4, 0.5) is 0 Å². The maximum absolute atomic E-state index is 11.8. The van der Waals surface area contributed by atoms with E-state index in [1.165, 1.54) is 9.80 Å². The highest BCUT2D eigenvalue weighted by Crippen LogP contribution is 2.05. The molecular formula is C11H23N3O2. The highest BCUT2D eigenvalue weighted by atomic mass is 16.2. The van der Waals surface area contributed by atoms with E-state index in [9.17, 15) is 9.59 Å². The van der Waals surface area contributed by atoms with Crippen LogP contribution in [0, 0.1) is 5.92 Å². The third-order valence-corrected chi connectivity index (χ3v) is 2.29. The lowest BCUT2D eigenvalue weighted by Crippen LogP contribution is -2.46. The summed E-state index contributed by atoms with van der Waals surface area (Å²) in [7, 11) is 4.92. The Kier molecular flexibility index (Phi) is 6.03. The Morgan fingerprint density at radius 1 is 1.19 bits per heavy atom. The van der Waals surface area contributed by atoms with E-state index in [4.69, 9.17) is 5.73 Å². The number of hydrogen-bond acceptors (Lipinski definition) is 3. The van der Waals surface area contributed by atoms with Crippen molar-refractivity contribution in [2.24, 2.45) is 11.7 Å². The minimum absolute atomic E-state index is 0.0810. The van der Waals surface area contributed by atoms with Crippen molar-refractivity contribution < 1.29 is 9.59 Å². The van der Waals surface area contributed by atoms with Crippen LogP contribution in [0.15, 0.2) is 0 Å². The second kappa shape index (κ2) is 6.48. The number of rotatable bonds is 5. The van der Waals surface area contributed by atoms with Crippen molar-refractivity contribution in [2.75, 3.05) is 27.7 Å². The van der Waals surface area contributed by atoms with Crippen LogP contribution in [-0.4, -0.2) is 55.3 Å². The third kappa shape index (κ3) is 5.11. The molecule has 0 unspecified atom stereocenters. The quantitative estimate of drug-likeness (QED) is 0.716. The first-order valence-electron chi connectivity index (χ1n) is 5.46. The summed E-state index contributed by atoms with van der Waals surface area (Å²) < 4.78 is 0. The molecule has 0 fully saturated rings. The normalized spacial score (nSPS) is 12.4. The van der Waals surface area contributed by atoms with Gasteiger partial charge in [-0.05, 0) is 12.3 Å². The number of carbonyl (C=O) groups is 2. The van der Waals surface area contributed by atoms with Crippen molar-refractivity contribution in [1.29, 1.82) is 0 Å². The molecule has 0 aromatic carbocycles. The Labute approximate surface area is 97.6 Å². The lowest BCUT2D eigenvalue weighted by molar-refractivity contribution is -0.138. The van der Waals surface area contributed by atoms with Gasteiger partial charge in [-0.3, -0.25) is 9.59 Å². The van der Waals surface area contributed by atoms with Crippen LogP contribution in [0.2, 0.25) is 0 Å². The Balaban J connectivity index is 4.22. The van der Waals surface area contributed by atoms with Gasteiger partial charge in [0, 0.05) is 21.1 Å². The van der Waals surface area contributed by atoms with Crippen LogP contribution >= 0.6 is 0 Å². The van der Waals surface area contributed by atoms with Crippen molar-refractivity contribution >= 4 is 11.8 Å². The Morgan fingerprint density at radius 3 is 2.06 bits per heavy atom. The molecule has 0 radical (unpaired) electrons. The lowest BCUT2D eigenvalue weighted by Gasteiger charge is -2.23. The van der Waals surface area contributed by atoms with Crippen molar-refractivity contribution in [2.45, 2.75) is 26.3 Å². The van der Waals surface area contributed by atoms with E-state index >= 15 is 0 Å². The van der Waals surface area contributed by atoms with Crippen molar-refractivity contribution in [3.63, 3.8) is 0 Å². The highest BCUT2D eigenvalue weighted by molar-refractivity contribution is 5.87. The topological polar surface area (TPSA) is 66.6 Å². The largest absolute Gasteiger partial charge is 0.347 e. The SMILES string of the molecule is CC(C)C[C@@H](N)C(=O)N(C)CC(=O)N(C)C. The molecule has 1 atom stereocenters. The van der Waals surface area contributed by atoms with E-state index < -0.39 is 6.04 Å². The van der Waals surface area contributed by atoms with Gasteiger partial charge in [0.25, 0.3) is 0 Å². The van der Waals surface area contributed by atoms with E-state index in [2.05, 4.69) is 0 Å². The fourth-order valence-electron chi connectivity index (χ4n) is 1.31. The molecule has 0 aliphatic rings. The molecular weight excluding hydrogens is 206 g/mol. The first-order chi connectivity index (χ1) is 7.25. The van der Waals surface area contributed by atoms with Gasteiger partial charge >= 0.3 is 0 Å². The van der Waals surface area contributed by atoms with Crippen molar-refractivity contribution in [3.05, 3.63) is 0 Å². The van der Waals surface area contributed by atoms with Gasteiger partial charge < -0.3 is 15.5 Å². The first-order valence-corrected chi connectivity index (χ1v) is 5.46. The van der Waals surface area contributed by atoms with Crippen LogP contribution in [-0.2, 0) is 9.59 Å². The van der Waals surface area contributed by atoms with Gasteiger partial charge in [-0.15, -0.1) is 0 Å². The fraction of sp³-hybridized carbons (Fsp3) is 0.818. The summed E-state index contributed by atoms with van der Waals surface area (Å²) in [6, 6.07) is -0.514.